The van der Waals surface area contributed by atoms with Crippen LogP contribution in [0.2, 0.25) is 0 Å². The predicted molar refractivity (Wildman–Crippen MR) is 80.4 cm³/mol. The van der Waals surface area contributed by atoms with Crippen molar-refractivity contribution in [3.8, 4) is 11.1 Å². The maximum Gasteiger partial charge on any atom is 0.0432 e. The van der Waals surface area contributed by atoms with Crippen LogP contribution in [-0.4, -0.2) is 9.97 Å². The van der Waals surface area contributed by atoms with E-state index in [1.807, 2.05) is 12.4 Å². The van der Waals surface area contributed by atoms with Crippen molar-refractivity contribution < 1.29 is 0 Å². The fraction of sp³-hybridized carbons (Fsp3) is 0.412. The van der Waals surface area contributed by atoms with E-state index in [-0.39, 0.29) is 0 Å². The van der Waals surface area contributed by atoms with E-state index in [1.165, 1.54) is 11.1 Å². The van der Waals surface area contributed by atoms with Gasteiger partial charge in [0.1, 0.15) is 0 Å². The first kappa shape index (κ1) is 13.7. The lowest BCUT2D eigenvalue weighted by Crippen LogP contribution is -1.96. The van der Waals surface area contributed by atoms with Crippen molar-refractivity contribution in [2.45, 2.75) is 46.5 Å². The molecular formula is C17H22N2. The summed E-state index contributed by atoms with van der Waals surface area (Å²) in [5.74, 6) is 0.936. The SMILES string of the molecule is Cc1cc(C(C)C)ncc1-c1ccc(C(C)C)nc1. The summed E-state index contributed by atoms with van der Waals surface area (Å²) in [5, 5.41) is 0. The normalized spacial score (nSPS) is 11.3. The van der Waals surface area contributed by atoms with Crippen molar-refractivity contribution in [1.82, 2.24) is 9.97 Å². The van der Waals surface area contributed by atoms with Gasteiger partial charge in [-0.05, 0) is 36.5 Å². The molecule has 2 heterocycles. The Hall–Kier alpha value is -1.70. The molecule has 2 heteroatoms. The van der Waals surface area contributed by atoms with E-state index in [4.69, 9.17) is 0 Å². The highest BCUT2D eigenvalue weighted by Crippen LogP contribution is 2.25. The maximum absolute atomic E-state index is 4.55. The Balaban J connectivity index is 2.36. The van der Waals surface area contributed by atoms with Crippen molar-refractivity contribution in [3.05, 3.63) is 47.5 Å². The zero-order chi connectivity index (χ0) is 14.0. The van der Waals surface area contributed by atoms with Crippen molar-refractivity contribution >= 4 is 0 Å². The van der Waals surface area contributed by atoms with E-state index in [0.29, 0.717) is 11.8 Å². The van der Waals surface area contributed by atoms with Gasteiger partial charge in [0.2, 0.25) is 0 Å². The fourth-order valence-corrected chi connectivity index (χ4v) is 2.10. The first-order valence-electron chi connectivity index (χ1n) is 6.92. The van der Waals surface area contributed by atoms with Crippen LogP contribution in [0.3, 0.4) is 0 Å². The molecule has 2 rings (SSSR count). The molecule has 0 radical (unpaired) electrons. The number of hydrogen-bond acceptors (Lipinski definition) is 2. The molecule has 2 aromatic heterocycles. The predicted octanol–water partition coefficient (Wildman–Crippen LogP) is 4.70. The van der Waals surface area contributed by atoms with Crippen molar-refractivity contribution in [2.75, 3.05) is 0 Å². The van der Waals surface area contributed by atoms with E-state index in [9.17, 15) is 0 Å². The Morgan fingerprint density at radius 3 is 1.95 bits per heavy atom. The third kappa shape index (κ3) is 3.01. The molecule has 0 amide bonds. The van der Waals surface area contributed by atoms with Gasteiger partial charge >= 0.3 is 0 Å². The van der Waals surface area contributed by atoms with E-state index in [2.05, 4.69) is 62.8 Å². The Kier molecular flexibility index (Phi) is 3.98. The molecule has 100 valence electrons. The first-order valence-corrected chi connectivity index (χ1v) is 6.92. The zero-order valence-corrected chi connectivity index (χ0v) is 12.4. The zero-order valence-electron chi connectivity index (χ0n) is 12.4. The van der Waals surface area contributed by atoms with E-state index in [0.717, 1.165) is 17.0 Å². The second kappa shape index (κ2) is 5.52. The highest BCUT2D eigenvalue weighted by atomic mass is 14.7. The van der Waals surface area contributed by atoms with Gasteiger partial charge in [0.25, 0.3) is 0 Å². The number of rotatable bonds is 3. The van der Waals surface area contributed by atoms with Crippen molar-refractivity contribution in [1.29, 1.82) is 0 Å². The van der Waals surface area contributed by atoms with Gasteiger partial charge in [0, 0.05) is 34.9 Å². The van der Waals surface area contributed by atoms with Crippen LogP contribution in [0, 0.1) is 6.92 Å². The van der Waals surface area contributed by atoms with Gasteiger partial charge in [-0.1, -0.05) is 33.8 Å². The summed E-state index contributed by atoms with van der Waals surface area (Å²) in [6.07, 6.45) is 3.92. The number of pyridine rings is 2. The molecule has 0 fully saturated rings. The minimum atomic E-state index is 0.467. The minimum absolute atomic E-state index is 0.467. The smallest absolute Gasteiger partial charge is 0.0432 e. The lowest BCUT2D eigenvalue weighted by molar-refractivity contribution is 0.819. The Bertz CT molecular complexity index is 554. The summed E-state index contributed by atoms with van der Waals surface area (Å²) in [5.41, 5.74) is 5.86. The van der Waals surface area contributed by atoms with E-state index >= 15 is 0 Å². The third-order valence-corrected chi connectivity index (χ3v) is 3.41. The average Bonchev–Trinajstić information content (AvgIpc) is 2.38. The second-order valence-electron chi connectivity index (χ2n) is 5.71. The lowest BCUT2D eigenvalue weighted by atomic mass is 10.00. The number of nitrogens with zero attached hydrogens (tertiary/aromatic N) is 2. The molecule has 0 saturated heterocycles. The highest BCUT2D eigenvalue weighted by molar-refractivity contribution is 5.65. The molecule has 0 saturated carbocycles. The van der Waals surface area contributed by atoms with E-state index in [1.54, 1.807) is 0 Å². The fourth-order valence-electron chi connectivity index (χ4n) is 2.10. The topological polar surface area (TPSA) is 25.8 Å². The summed E-state index contributed by atoms with van der Waals surface area (Å²) >= 11 is 0. The summed E-state index contributed by atoms with van der Waals surface area (Å²) in [4.78, 5) is 9.07. The third-order valence-electron chi connectivity index (χ3n) is 3.41. The van der Waals surface area contributed by atoms with Gasteiger partial charge in [0.05, 0.1) is 0 Å². The Labute approximate surface area is 115 Å². The number of aromatic nitrogens is 2. The molecule has 2 aromatic rings. The number of aryl methyl sites for hydroxylation is 1. The van der Waals surface area contributed by atoms with Crippen LogP contribution in [0.4, 0.5) is 0 Å². The molecule has 0 aliphatic heterocycles. The molecule has 0 bridgehead atoms. The van der Waals surface area contributed by atoms with Gasteiger partial charge in [0.15, 0.2) is 0 Å². The van der Waals surface area contributed by atoms with Crippen LogP contribution in [-0.2, 0) is 0 Å². The minimum Gasteiger partial charge on any atom is -0.260 e. The Morgan fingerprint density at radius 1 is 0.842 bits per heavy atom. The van der Waals surface area contributed by atoms with Crippen LogP contribution in [0.1, 0.15) is 56.5 Å². The average molecular weight is 254 g/mol. The summed E-state index contributed by atoms with van der Waals surface area (Å²) in [7, 11) is 0. The van der Waals surface area contributed by atoms with Crippen LogP contribution in [0.15, 0.2) is 30.6 Å². The summed E-state index contributed by atoms with van der Waals surface area (Å²) in [6.45, 7) is 10.8. The monoisotopic (exact) mass is 254 g/mol. The van der Waals surface area contributed by atoms with Crippen molar-refractivity contribution in [2.24, 2.45) is 0 Å². The molecule has 0 aromatic carbocycles. The van der Waals surface area contributed by atoms with Gasteiger partial charge in [-0.2, -0.15) is 0 Å². The summed E-state index contributed by atoms with van der Waals surface area (Å²) in [6, 6.07) is 6.42. The van der Waals surface area contributed by atoms with Crippen molar-refractivity contribution in [3.63, 3.8) is 0 Å². The molecule has 0 aliphatic rings. The van der Waals surface area contributed by atoms with Gasteiger partial charge in [-0.25, -0.2) is 0 Å². The Morgan fingerprint density at radius 2 is 1.47 bits per heavy atom. The maximum atomic E-state index is 4.55. The molecule has 0 spiro atoms. The standard InChI is InChI=1S/C17H22N2/c1-11(2)16-7-6-14(9-18-16)15-10-19-17(12(3)4)8-13(15)5/h6-12H,1-5H3. The second-order valence-corrected chi connectivity index (χ2v) is 5.71. The lowest BCUT2D eigenvalue weighted by Gasteiger charge is -2.11. The molecule has 0 unspecified atom stereocenters. The van der Waals surface area contributed by atoms with E-state index < -0.39 is 0 Å². The largest absolute Gasteiger partial charge is 0.260 e. The first-order chi connectivity index (χ1) is 8.99. The van der Waals surface area contributed by atoms with Gasteiger partial charge < -0.3 is 0 Å². The van der Waals surface area contributed by atoms with Gasteiger partial charge in [-0.3, -0.25) is 9.97 Å². The van der Waals surface area contributed by atoms with Crippen LogP contribution in [0.5, 0.6) is 0 Å². The number of hydrogen-bond donors (Lipinski definition) is 0. The molecule has 2 nitrogen and oxygen atoms in total. The molecular weight excluding hydrogens is 232 g/mol. The molecule has 0 N–H and O–H groups in total. The molecule has 0 aliphatic carbocycles. The molecule has 19 heavy (non-hydrogen) atoms. The quantitative estimate of drug-likeness (QED) is 0.793. The van der Waals surface area contributed by atoms with Crippen LogP contribution < -0.4 is 0 Å². The van der Waals surface area contributed by atoms with Gasteiger partial charge in [-0.15, -0.1) is 0 Å². The molecule has 0 atom stereocenters. The summed E-state index contributed by atoms with van der Waals surface area (Å²) < 4.78 is 0. The van der Waals surface area contributed by atoms with Crippen LogP contribution >= 0.6 is 0 Å². The highest BCUT2D eigenvalue weighted by Gasteiger charge is 2.08. The van der Waals surface area contributed by atoms with Crippen LogP contribution in [0.25, 0.3) is 11.1 Å².